The minimum atomic E-state index is 0. The number of nitrogens with zero attached hydrogens (tertiary/aromatic N) is 1. The molecule has 0 heterocycles. The molecule has 1 rings (SSSR count). The standard InChI is InChI=1S/C12H25N3.HI/c1-10(2)8-14-11(13)15-9-12(3)6-4-5-7-12;/h10H,4-9H2,1-3H3,(H3,13,14,15);1H. The van der Waals surface area contributed by atoms with Crippen LogP contribution in [0.15, 0.2) is 4.99 Å². The third-order valence-corrected chi connectivity index (χ3v) is 3.13. The molecule has 0 radical (unpaired) electrons. The smallest absolute Gasteiger partial charge is 0.188 e. The van der Waals surface area contributed by atoms with Crippen LogP contribution in [0.4, 0.5) is 0 Å². The Morgan fingerprint density at radius 2 is 1.94 bits per heavy atom. The fourth-order valence-electron chi connectivity index (χ4n) is 2.03. The lowest BCUT2D eigenvalue weighted by Crippen LogP contribution is -2.35. The van der Waals surface area contributed by atoms with Crippen molar-refractivity contribution >= 4 is 29.9 Å². The van der Waals surface area contributed by atoms with E-state index >= 15 is 0 Å². The first-order chi connectivity index (χ1) is 7.02. The van der Waals surface area contributed by atoms with Crippen LogP contribution in [0.1, 0.15) is 46.5 Å². The first-order valence-electron chi connectivity index (χ1n) is 6.06. The molecule has 96 valence electrons. The number of nitrogens with two attached hydrogens (primary N) is 1. The molecule has 0 amide bonds. The molecule has 0 aromatic rings. The van der Waals surface area contributed by atoms with Crippen molar-refractivity contribution in [2.45, 2.75) is 46.5 Å². The molecule has 1 fully saturated rings. The summed E-state index contributed by atoms with van der Waals surface area (Å²) < 4.78 is 0. The van der Waals surface area contributed by atoms with E-state index in [0.717, 1.165) is 13.1 Å². The van der Waals surface area contributed by atoms with Gasteiger partial charge in [-0.15, -0.1) is 24.0 Å². The average Bonchev–Trinajstić information content (AvgIpc) is 2.60. The summed E-state index contributed by atoms with van der Waals surface area (Å²) in [5.74, 6) is 1.22. The third kappa shape index (κ3) is 5.92. The molecule has 0 saturated heterocycles. The van der Waals surface area contributed by atoms with E-state index in [9.17, 15) is 0 Å². The molecule has 1 aliphatic carbocycles. The van der Waals surface area contributed by atoms with Crippen LogP contribution in [0.5, 0.6) is 0 Å². The maximum atomic E-state index is 5.80. The van der Waals surface area contributed by atoms with Crippen molar-refractivity contribution in [3.8, 4) is 0 Å². The van der Waals surface area contributed by atoms with Gasteiger partial charge in [0.15, 0.2) is 5.96 Å². The van der Waals surface area contributed by atoms with E-state index in [0.29, 0.717) is 17.3 Å². The second-order valence-corrected chi connectivity index (χ2v) is 5.49. The molecule has 0 atom stereocenters. The highest BCUT2D eigenvalue weighted by Crippen LogP contribution is 2.37. The van der Waals surface area contributed by atoms with Crippen LogP contribution >= 0.6 is 24.0 Å². The van der Waals surface area contributed by atoms with Crippen molar-refractivity contribution in [2.24, 2.45) is 22.1 Å². The Kier molecular flexibility index (Phi) is 7.35. The monoisotopic (exact) mass is 339 g/mol. The van der Waals surface area contributed by atoms with Crippen LogP contribution in [0.2, 0.25) is 0 Å². The molecule has 0 aromatic carbocycles. The molecule has 1 aliphatic rings. The van der Waals surface area contributed by atoms with Gasteiger partial charge in [-0.3, -0.25) is 4.99 Å². The number of guanidine groups is 1. The van der Waals surface area contributed by atoms with Gasteiger partial charge in [-0.1, -0.05) is 33.6 Å². The highest BCUT2D eigenvalue weighted by molar-refractivity contribution is 14.0. The molecule has 1 saturated carbocycles. The van der Waals surface area contributed by atoms with Gasteiger partial charge in [0.2, 0.25) is 0 Å². The maximum absolute atomic E-state index is 5.80. The molecule has 16 heavy (non-hydrogen) atoms. The van der Waals surface area contributed by atoms with E-state index in [1.54, 1.807) is 0 Å². The van der Waals surface area contributed by atoms with Crippen molar-refractivity contribution in [1.29, 1.82) is 0 Å². The first kappa shape index (κ1) is 16.0. The van der Waals surface area contributed by atoms with Crippen molar-refractivity contribution in [2.75, 3.05) is 13.1 Å². The second kappa shape index (κ2) is 7.35. The van der Waals surface area contributed by atoms with Crippen molar-refractivity contribution in [3.63, 3.8) is 0 Å². The van der Waals surface area contributed by atoms with Crippen LogP contribution in [0, 0.1) is 11.3 Å². The molecule has 0 bridgehead atoms. The van der Waals surface area contributed by atoms with Gasteiger partial charge in [-0.25, -0.2) is 0 Å². The predicted octanol–water partition coefficient (Wildman–Crippen LogP) is 2.75. The molecule has 0 spiro atoms. The minimum Gasteiger partial charge on any atom is -0.370 e. The number of nitrogens with one attached hydrogen (secondary N) is 1. The minimum absolute atomic E-state index is 0. The van der Waals surface area contributed by atoms with Gasteiger partial charge in [-0.2, -0.15) is 0 Å². The molecule has 0 aromatic heterocycles. The lowest BCUT2D eigenvalue weighted by molar-refractivity contribution is 0.350. The Balaban J connectivity index is 0.00000225. The highest BCUT2D eigenvalue weighted by Gasteiger charge is 2.28. The highest BCUT2D eigenvalue weighted by atomic mass is 127. The lowest BCUT2D eigenvalue weighted by atomic mass is 9.89. The van der Waals surface area contributed by atoms with E-state index in [1.165, 1.54) is 25.7 Å². The number of halogens is 1. The Labute approximate surface area is 117 Å². The van der Waals surface area contributed by atoms with Gasteiger partial charge < -0.3 is 11.1 Å². The molecule has 0 aliphatic heterocycles. The summed E-state index contributed by atoms with van der Waals surface area (Å²) in [6.07, 6.45) is 5.30. The van der Waals surface area contributed by atoms with Gasteiger partial charge in [0.1, 0.15) is 0 Å². The van der Waals surface area contributed by atoms with Gasteiger partial charge in [0, 0.05) is 13.1 Å². The summed E-state index contributed by atoms with van der Waals surface area (Å²) in [4.78, 5) is 4.43. The summed E-state index contributed by atoms with van der Waals surface area (Å²) in [5.41, 5.74) is 6.20. The SMILES string of the molecule is CC(C)CNC(N)=NCC1(C)CCCC1.I. The largest absolute Gasteiger partial charge is 0.370 e. The van der Waals surface area contributed by atoms with Crippen molar-refractivity contribution in [3.05, 3.63) is 0 Å². The number of aliphatic imine (C=N–C) groups is 1. The van der Waals surface area contributed by atoms with Gasteiger partial charge >= 0.3 is 0 Å². The van der Waals surface area contributed by atoms with E-state index < -0.39 is 0 Å². The molecule has 3 nitrogen and oxygen atoms in total. The fourth-order valence-corrected chi connectivity index (χ4v) is 2.03. The molecule has 0 unspecified atom stereocenters. The number of hydrogen-bond acceptors (Lipinski definition) is 1. The summed E-state index contributed by atoms with van der Waals surface area (Å²) >= 11 is 0. The van der Waals surface area contributed by atoms with Gasteiger partial charge in [0.05, 0.1) is 0 Å². The summed E-state index contributed by atoms with van der Waals surface area (Å²) in [7, 11) is 0. The van der Waals surface area contributed by atoms with E-state index in [1.807, 2.05) is 0 Å². The van der Waals surface area contributed by atoms with Crippen LogP contribution in [-0.4, -0.2) is 19.0 Å². The fraction of sp³-hybridized carbons (Fsp3) is 0.917. The van der Waals surface area contributed by atoms with Crippen molar-refractivity contribution in [1.82, 2.24) is 5.32 Å². The zero-order chi connectivity index (χ0) is 11.3. The molecular formula is C12H26IN3. The normalized spacial score (nSPS) is 19.6. The maximum Gasteiger partial charge on any atom is 0.188 e. The Bertz CT molecular complexity index is 220. The Morgan fingerprint density at radius 3 is 2.44 bits per heavy atom. The van der Waals surface area contributed by atoms with Crippen LogP contribution in [0.25, 0.3) is 0 Å². The summed E-state index contributed by atoms with van der Waals surface area (Å²) in [6.45, 7) is 8.44. The van der Waals surface area contributed by atoms with E-state index in [2.05, 4.69) is 31.1 Å². The average molecular weight is 339 g/mol. The molecule has 4 heteroatoms. The van der Waals surface area contributed by atoms with Crippen LogP contribution in [-0.2, 0) is 0 Å². The number of hydrogen-bond donors (Lipinski definition) is 2. The van der Waals surface area contributed by atoms with Crippen molar-refractivity contribution < 1.29 is 0 Å². The summed E-state index contributed by atoms with van der Waals surface area (Å²) in [6, 6.07) is 0. The molecular weight excluding hydrogens is 313 g/mol. The first-order valence-corrected chi connectivity index (χ1v) is 6.06. The van der Waals surface area contributed by atoms with E-state index in [-0.39, 0.29) is 24.0 Å². The quantitative estimate of drug-likeness (QED) is 0.470. The topological polar surface area (TPSA) is 50.4 Å². The lowest BCUT2D eigenvalue weighted by Gasteiger charge is -2.20. The number of rotatable bonds is 4. The van der Waals surface area contributed by atoms with E-state index in [4.69, 9.17) is 5.73 Å². The zero-order valence-corrected chi connectivity index (χ0v) is 13.1. The van der Waals surface area contributed by atoms with Gasteiger partial charge in [-0.05, 0) is 24.2 Å². The predicted molar refractivity (Wildman–Crippen MR) is 81.3 cm³/mol. The Morgan fingerprint density at radius 1 is 1.38 bits per heavy atom. The summed E-state index contributed by atoms with van der Waals surface area (Å²) in [5, 5.41) is 3.15. The zero-order valence-electron chi connectivity index (χ0n) is 10.8. The van der Waals surface area contributed by atoms with Gasteiger partial charge in [0.25, 0.3) is 0 Å². The third-order valence-electron chi connectivity index (χ3n) is 3.13. The molecule has 3 N–H and O–H groups in total. The van der Waals surface area contributed by atoms with Crippen LogP contribution in [0.3, 0.4) is 0 Å². The Hall–Kier alpha value is 0. The van der Waals surface area contributed by atoms with Crippen LogP contribution < -0.4 is 11.1 Å². The second-order valence-electron chi connectivity index (χ2n) is 5.49.